The molecule has 0 aromatic carbocycles. The van der Waals surface area contributed by atoms with E-state index in [9.17, 15) is 4.79 Å². The summed E-state index contributed by atoms with van der Waals surface area (Å²) in [5.74, 6) is -0.291. The molecule has 0 aromatic heterocycles. The van der Waals surface area contributed by atoms with Crippen molar-refractivity contribution >= 4 is 5.97 Å². The molecule has 64 valence electrons. The van der Waals surface area contributed by atoms with Gasteiger partial charge in [0, 0.05) is 6.54 Å². The van der Waals surface area contributed by atoms with Gasteiger partial charge in [-0.3, -0.25) is 0 Å². The van der Waals surface area contributed by atoms with E-state index in [0.717, 1.165) is 12.8 Å². The molecular formula is C7H13NO3. The lowest BCUT2D eigenvalue weighted by Gasteiger charge is -2.09. The second-order valence-corrected chi connectivity index (χ2v) is 2.58. The lowest BCUT2D eigenvalue weighted by molar-refractivity contribution is -0.152. The Hall–Kier alpha value is -0.610. The molecule has 0 aromatic rings. The minimum atomic E-state index is -0.381. The molecule has 1 aliphatic heterocycles. The van der Waals surface area contributed by atoms with Crippen LogP contribution in [0.1, 0.15) is 12.8 Å². The van der Waals surface area contributed by atoms with Crippen LogP contribution >= 0.6 is 0 Å². The van der Waals surface area contributed by atoms with Gasteiger partial charge in [0.25, 0.3) is 0 Å². The lowest BCUT2D eigenvalue weighted by Crippen LogP contribution is -2.25. The summed E-state index contributed by atoms with van der Waals surface area (Å²) in [5.41, 5.74) is 5.36. The van der Waals surface area contributed by atoms with Gasteiger partial charge in [-0.05, 0) is 12.8 Å². The first-order chi connectivity index (χ1) is 5.27. The van der Waals surface area contributed by atoms with Crippen LogP contribution < -0.4 is 5.73 Å². The van der Waals surface area contributed by atoms with Crippen molar-refractivity contribution in [1.29, 1.82) is 0 Å². The molecule has 2 N–H and O–H groups in total. The second kappa shape index (κ2) is 3.69. The molecular weight excluding hydrogens is 146 g/mol. The highest BCUT2D eigenvalue weighted by Crippen LogP contribution is 2.19. The second-order valence-electron chi connectivity index (χ2n) is 2.58. The standard InChI is InChI=1S/C7H13NO3/c1-10-7(9)6-3-2-5(4-8)11-6/h5-6H,2-4,8H2,1H3. The Balaban J connectivity index is 2.35. The van der Waals surface area contributed by atoms with Crippen molar-refractivity contribution < 1.29 is 14.3 Å². The van der Waals surface area contributed by atoms with Gasteiger partial charge in [0.2, 0.25) is 0 Å². The molecule has 1 rings (SSSR count). The number of esters is 1. The molecule has 0 saturated carbocycles. The molecule has 1 heterocycles. The molecule has 4 nitrogen and oxygen atoms in total. The fourth-order valence-corrected chi connectivity index (χ4v) is 1.18. The molecule has 1 saturated heterocycles. The number of hydrogen-bond donors (Lipinski definition) is 1. The average molecular weight is 159 g/mol. The van der Waals surface area contributed by atoms with Gasteiger partial charge in [-0.25, -0.2) is 4.79 Å². The molecule has 0 amide bonds. The summed E-state index contributed by atoms with van der Waals surface area (Å²) in [6.07, 6.45) is 1.25. The maximum absolute atomic E-state index is 10.9. The van der Waals surface area contributed by atoms with Crippen LogP contribution in [0.25, 0.3) is 0 Å². The zero-order valence-electron chi connectivity index (χ0n) is 6.58. The Morgan fingerprint density at radius 2 is 2.45 bits per heavy atom. The first-order valence-corrected chi connectivity index (χ1v) is 3.71. The van der Waals surface area contributed by atoms with Gasteiger partial charge in [0.15, 0.2) is 6.10 Å². The number of methoxy groups -OCH3 is 1. The van der Waals surface area contributed by atoms with E-state index in [2.05, 4.69) is 4.74 Å². The Morgan fingerprint density at radius 3 is 2.91 bits per heavy atom. The monoisotopic (exact) mass is 159 g/mol. The third kappa shape index (κ3) is 1.91. The lowest BCUT2D eigenvalue weighted by atomic mass is 10.2. The maximum Gasteiger partial charge on any atom is 0.334 e. The van der Waals surface area contributed by atoms with Crippen molar-refractivity contribution in [1.82, 2.24) is 0 Å². The summed E-state index contributed by atoms with van der Waals surface area (Å²) in [5, 5.41) is 0. The normalized spacial score (nSPS) is 30.4. The fourth-order valence-electron chi connectivity index (χ4n) is 1.18. The highest BCUT2D eigenvalue weighted by atomic mass is 16.6. The van der Waals surface area contributed by atoms with E-state index in [1.54, 1.807) is 0 Å². The van der Waals surface area contributed by atoms with Gasteiger partial charge in [0.1, 0.15) is 0 Å². The molecule has 4 heteroatoms. The van der Waals surface area contributed by atoms with Gasteiger partial charge in [-0.2, -0.15) is 0 Å². The third-order valence-corrected chi connectivity index (χ3v) is 1.83. The van der Waals surface area contributed by atoms with Crippen LogP contribution in [0.4, 0.5) is 0 Å². The topological polar surface area (TPSA) is 61.5 Å². The van der Waals surface area contributed by atoms with Crippen LogP contribution in [-0.2, 0) is 14.3 Å². The van der Waals surface area contributed by atoms with Gasteiger partial charge >= 0.3 is 5.97 Å². The van der Waals surface area contributed by atoms with Gasteiger partial charge in [-0.15, -0.1) is 0 Å². The van der Waals surface area contributed by atoms with E-state index in [1.165, 1.54) is 7.11 Å². The number of ether oxygens (including phenoxy) is 2. The molecule has 0 radical (unpaired) electrons. The van der Waals surface area contributed by atoms with Crippen molar-refractivity contribution in [2.45, 2.75) is 25.0 Å². The van der Waals surface area contributed by atoms with Crippen LogP contribution in [0.5, 0.6) is 0 Å². The molecule has 1 aliphatic rings. The fraction of sp³-hybridized carbons (Fsp3) is 0.857. The SMILES string of the molecule is COC(=O)C1CCC(CN)O1. The molecule has 2 unspecified atom stereocenters. The maximum atomic E-state index is 10.9. The van der Waals surface area contributed by atoms with Gasteiger partial charge in [-0.1, -0.05) is 0 Å². The smallest absolute Gasteiger partial charge is 0.334 e. The summed E-state index contributed by atoms with van der Waals surface area (Å²) in [4.78, 5) is 10.9. The van der Waals surface area contributed by atoms with Crippen molar-refractivity contribution in [3.63, 3.8) is 0 Å². The molecule has 0 aliphatic carbocycles. The average Bonchev–Trinajstić information content (AvgIpc) is 2.50. The van der Waals surface area contributed by atoms with E-state index >= 15 is 0 Å². The zero-order chi connectivity index (χ0) is 8.27. The summed E-state index contributed by atoms with van der Waals surface area (Å²) in [6.45, 7) is 0.480. The van der Waals surface area contributed by atoms with Crippen LogP contribution in [0, 0.1) is 0 Å². The van der Waals surface area contributed by atoms with E-state index < -0.39 is 0 Å². The largest absolute Gasteiger partial charge is 0.467 e. The van der Waals surface area contributed by atoms with Crippen LogP contribution in [0.15, 0.2) is 0 Å². The summed E-state index contributed by atoms with van der Waals surface area (Å²) >= 11 is 0. The highest BCUT2D eigenvalue weighted by Gasteiger charge is 2.30. The van der Waals surface area contributed by atoms with Crippen LogP contribution in [0.3, 0.4) is 0 Å². The molecule has 11 heavy (non-hydrogen) atoms. The Morgan fingerprint density at radius 1 is 1.73 bits per heavy atom. The first-order valence-electron chi connectivity index (χ1n) is 3.71. The van der Waals surface area contributed by atoms with E-state index in [1.807, 2.05) is 0 Å². The number of carbonyl (C=O) groups is 1. The summed E-state index contributed by atoms with van der Waals surface area (Å²) in [7, 11) is 1.36. The Kier molecular flexibility index (Phi) is 2.84. The quantitative estimate of drug-likeness (QED) is 0.560. The molecule has 0 spiro atoms. The van der Waals surface area contributed by atoms with Crippen LogP contribution in [0.2, 0.25) is 0 Å². The third-order valence-electron chi connectivity index (χ3n) is 1.83. The predicted octanol–water partition coefficient (Wildman–Crippen LogP) is -0.334. The summed E-state index contributed by atoms with van der Waals surface area (Å²) in [6, 6.07) is 0. The van der Waals surface area contributed by atoms with Crippen molar-refractivity contribution in [3.05, 3.63) is 0 Å². The number of nitrogens with two attached hydrogens (primary N) is 1. The highest BCUT2D eigenvalue weighted by molar-refractivity contribution is 5.74. The van der Waals surface area contributed by atoms with Crippen molar-refractivity contribution in [3.8, 4) is 0 Å². The van der Waals surface area contributed by atoms with Crippen molar-refractivity contribution in [2.75, 3.05) is 13.7 Å². The van der Waals surface area contributed by atoms with E-state index in [4.69, 9.17) is 10.5 Å². The molecule has 0 bridgehead atoms. The Bertz CT molecular complexity index is 149. The number of rotatable bonds is 2. The van der Waals surface area contributed by atoms with Gasteiger partial charge in [0.05, 0.1) is 13.2 Å². The zero-order valence-corrected chi connectivity index (χ0v) is 6.58. The minimum absolute atomic E-state index is 0.0408. The molecule has 2 atom stereocenters. The predicted molar refractivity (Wildman–Crippen MR) is 39.0 cm³/mol. The Labute approximate surface area is 65.7 Å². The van der Waals surface area contributed by atoms with Crippen LogP contribution in [-0.4, -0.2) is 31.8 Å². The van der Waals surface area contributed by atoms with Gasteiger partial charge < -0.3 is 15.2 Å². The van der Waals surface area contributed by atoms with E-state index in [-0.39, 0.29) is 18.2 Å². The number of carbonyl (C=O) groups excluding carboxylic acids is 1. The van der Waals surface area contributed by atoms with E-state index in [0.29, 0.717) is 6.54 Å². The minimum Gasteiger partial charge on any atom is -0.467 e. The summed E-state index contributed by atoms with van der Waals surface area (Å²) < 4.78 is 9.79. The molecule has 1 fully saturated rings. The van der Waals surface area contributed by atoms with Crippen molar-refractivity contribution in [2.24, 2.45) is 5.73 Å². The first kappa shape index (κ1) is 8.49. The number of hydrogen-bond acceptors (Lipinski definition) is 4.